The van der Waals surface area contributed by atoms with Crippen molar-refractivity contribution >= 4 is 15.8 Å². The minimum absolute atomic E-state index is 0.102. The quantitative estimate of drug-likeness (QED) is 0.888. The molecule has 3 rings (SSSR count). The molecular formula is C15H19NO4S. The van der Waals surface area contributed by atoms with Gasteiger partial charge in [0.25, 0.3) is 0 Å². The molecule has 6 heteroatoms. The zero-order chi connectivity index (χ0) is 15.0. The van der Waals surface area contributed by atoms with Gasteiger partial charge in [-0.2, -0.15) is 0 Å². The summed E-state index contributed by atoms with van der Waals surface area (Å²) in [5.41, 5.74) is 0.845. The fraction of sp³-hybridized carbons (Fsp3) is 0.533. The van der Waals surface area contributed by atoms with Crippen LogP contribution in [0.4, 0.5) is 0 Å². The van der Waals surface area contributed by atoms with Gasteiger partial charge in [0.05, 0.1) is 16.6 Å². The number of carbonyl (C=O) groups is 1. The predicted molar refractivity (Wildman–Crippen MR) is 77.8 cm³/mol. The van der Waals surface area contributed by atoms with E-state index in [1.807, 2.05) is 12.1 Å². The summed E-state index contributed by atoms with van der Waals surface area (Å²) in [5, 5.41) is 12.4. The molecule has 1 saturated carbocycles. The number of carboxylic acid groups (broad SMARTS) is 1. The number of hydrogen-bond acceptors (Lipinski definition) is 4. The Balaban J connectivity index is 1.69. The molecule has 1 aliphatic carbocycles. The van der Waals surface area contributed by atoms with Gasteiger partial charge in [-0.3, -0.25) is 4.79 Å². The monoisotopic (exact) mass is 309 g/mol. The van der Waals surface area contributed by atoms with E-state index in [2.05, 4.69) is 5.32 Å². The second kappa shape index (κ2) is 5.42. The fourth-order valence-electron chi connectivity index (χ4n) is 3.38. The molecule has 1 aromatic carbocycles. The third-order valence-corrected chi connectivity index (χ3v) is 6.34. The minimum Gasteiger partial charge on any atom is -0.481 e. The number of aliphatic carboxylic acids is 1. The van der Waals surface area contributed by atoms with Gasteiger partial charge in [0.15, 0.2) is 9.84 Å². The van der Waals surface area contributed by atoms with Gasteiger partial charge in [-0.25, -0.2) is 8.42 Å². The molecule has 2 aliphatic rings. The maximum Gasteiger partial charge on any atom is 0.306 e. The van der Waals surface area contributed by atoms with Crippen molar-refractivity contribution in [3.8, 4) is 0 Å². The van der Waals surface area contributed by atoms with Gasteiger partial charge in [-0.1, -0.05) is 18.2 Å². The maximum absolute atomic E-state index is 12.1. The lowest BCUT2D eigenvalue weighted by Crippen LogP contribution is -2.37. The first-order valence-corrected chi connectivity index (χ1v) is 8.93. The van der Waals surface area contributed by atoms with Crippen LogP contribution in [0.5, 0.6) is 0 Å². The number of rotatable bonds is 3. The Morgan fingerprint density at radius 3 is 2.48 bits per heavy atom. The lowest BCUT2D eigenvalue weighted by Gasteiger charge is -2.29. The molecule has 0 radical (unpaired) electrons. The first-order chi connectivity index (χ1) is 9.97. The molecule has 114 valence electrons. The van der Waals surface area contributed by atoms with Gasteiger partial charge < -0.3 is 10.4 Å². The molecule has 1 aliphatic heterocycles. The zero-order valence-corrected chi connectivity index (χ0v) is 12.5. The first kappa shape index (κ1) is 14.5. The van der Waals surface area contributed by atoms with E-state index in [4.69, 9.17) is 5.11 Å². The highest BCUT2D eigenvalue weighted by molar-refractivity contribution is 7.91. The summed E-state index contributed by atoms with van der Waals surface area (Å²) < 4.78 is 24.3. The van der Waals surface area contributed by atoms with Gasteiger partial charge in [-0.05, 0) is 37.3 Å². The van der Waals surface area contributed by atoms with Crippen LogP contribution in [0.25, 0.3) is 0 Å². The van der Waals surface area contributed by atoms with Crippen molar-refractivity contribution in [2.45, 2.75) is 42.7 Å². The van der Waals surface area contributed by atoms with Crippen molar-refractivity contribution in [2.24, 2.45) is 5.92 Å². The van der Waals surface area contributed by atoms with Gasteiger partial charge in [0.1, 0.15) is 0 Å². The highest BCUT2D eigenvalue weighted by atomic mass is 32.2. The topological polar surface area (TPSA) is 83.5 Å². The molecule has 0 bridgehead atoms. The average molecular weight is 309 g/mol. The molecular weight excluding hydrogens is 290 g/mol. The summed E-state index contributed by atoms with van der Waals surface area (Å²) in [4.78, 5) is 11.4. The third-order valence-electron chi connectivity index (χ3n) is 4.53. The Morgan fingerprint density at radius 1 is 1.14 bits per heavy atom. The van der Waals surface area contributed by atoms with Crippen LogP contribution in [-0.4, -0.2) is 31.3 Å². The van der Waals surface area contributed by atoms with Crippen molar-refractivity contribution in [2.75, 3.05) is 5.75 Å². The molecule has 0 spiro atoms. The highest BCUT2D eigenvalue weighted by Crippen LogP contribution is 2.35. The van der Waals surface area contributed by atoms with E-state index in [-0.39, 0.29) is 23.8 Å². The highest BCUT2D eigenvalue weighted by Gasteiger charge is 2.36. The van der Waals surface area contributed by atoms with Crippen LogP contribution in [-0.2, 0) is 14.6 Å². The van der Waals surface area contributed by atoms with E-state index < -0.39 is 15.8 Å². The molecule has 0 amide bonds. The molecule has 2 N–H and O–H groups in total. The van der Waals surface area contributed by atoms with Crippen LogP contribution in [0.15, 0.2) is 29.2 Å². The number of carboxylic acids is 1. The summed E-state index contributed by atoms with van der Waals surface area (Å²) in [6.07, 6.45) is 2.90. The molecule has 1 fully saturated rings. The smallest absolute Gasteiger partial charge is 0.306 e. The molecule has 1 heterocycles. The van der Waals surface area contributed by atoms with Crippen molar-refractivity contribution in [3.05, 3.63) is 29.8 Å². The Bertz CT molecular complexity index is 647. The van der Waals surface area contributed by atoms with E-state index >= 15 is 0 Å². The second-order valence-electron chi connectivity index (χ2n) is 5.93. The van der Waals surface area contributed by atoms with Crippen molar-refractivity contribution in [3.63, 3.8) is 0 Å². The van der Waals surface area contributed by atoms with Crippen LogP contribution in [0.2, 0.25) is 0 Å². The van der Waals surface area contributed by atoms with E-state index in [0.29, 0.717) is 17.7 Å². The van der Waals surface area contributed by atoms with Gasteiger partial charge in [-0.15, -0.1) is 0 Å². The zero-order valence-electron chi connectivity index (χ0n) is 11.7. The molecule has 0 saturated heterocycles. The SMILES string of the molecule is O=C(O)C1CCC(NC2CS(=O)(=O)c3ccccc32)CC1. The Hall–Kier alpha value is -1.40. The van der Waals surface area contributed by atoms with Crippen LogP contribution in [0, 0.1) is 5.92 Å². The summed E-state index contributed by atoms with van der Waals surface area (Å²) >= 11 is 0. The molecule has 1 atom stereocenters. The Morgan fingerprint density at radius 2 is 1.81 bits per heavy atom. The van der Waals surface area contributed by atoms with E-state index in [1.165, 1.54) is 0 Å². The van der Waals surface area contributed by atoms with E-state index in [1.54, 1.807) is 12.1 Å². The van der Waals surface area contributed by atoms with Crippen molar-refractivity contribution in [1.29, 1.82) is 0 Å². The lowest BCUT2D eigenvalue weighted by molar-refractivity contribution is -0.142. The number of hydrogen-bond donors (Lipinski definition) is 2. The number of benzene rings is 1. The van der Waals surface area contributed by atoms with E-state index in [9.17, 15) is 13.2 Å². The average Bonchev–Trinajstić information content (AvgIpc) is 2.71. The van der Waals surface area contributed by atoms with Crippen LogP contribution in [0.3, 0.4) is 0 Å². The van der Waals surface area contributed by atoms with E-state index in [0.717, 1.165) is 18.4 Å². The van der Waals surface area contributed by atoms with Crippen molar-refractivity contribution < 1.29 is 18.3 Å². The Kier molecular flexibility index (Phi) is 3.75. The minimum atomic E-state index is -3.19. The van der Waals surface area contributed by atoms with Gasteiger partial charge in [0, 0.05) is 12.1 Å². The van der Waals surface area contributed by atoms with Gasteiger partial charge in [0.2, 0.25) is 0 Å². The third kappa shape index (κ3) is 2.82. The number of nitrogens with one attached hydrogen (secondary N) is 1. The van der Waals surface area contributed by atoms with Crippen molar-refractivity contribution in [1.82, 2.24) is 5.32 Å². The summed E-state index contributed by atoms with van der Waals surface area (Å²) in [6.45, 7) is 0. The molecule has 21 heavy (non-hydrogen) atoms. The van der Waals surface area contributed by atoms with Crippen LogP contribution < -0.4 is 5.32 Å². The summed E-state index contributed by atoms with van der Waals surface area (Å²) in [5.74, 6) is -0.865. The Labute approximate surface area is 124 Å². The molecule has 0 aromatic heterocycles. The van der Waals surface area contributed by atoms with Crippen LogP contribution in [0.1, 0.15) is 37.3 Å². The predicted octanol–water partition coefficient (Wildman–Crippen LogP) is 1.75. The first-order valence-electron chi connectivity index (χ1n) is 7.28. The summed E-state index contributed by atoms with van der Waals surface area (Å²) in [6, 6.07) is 7.16. The standard InChI is InChI=1S/C15H19NO4S/c17-15(18)10-5-7-11(8-6-10)16-13-9-21(19,20)14-4-2-1-3-12(13)14/h1-4,10-11,13,16H,5-9H2,(H,17,18). The molecule has 5 nitrogen and oxygen atoms in total. The lowest BCUT2D eigenvalue weighted by atomic mass is 9.85. The molecule has 1 unspecified atom stereocenters. The number of sulfone groups is 1. The number of fused-ring (bicyclic) bond motifs is 1. The maximum atomic E-state index is 12.1. The largest absolute Gasteiger partial charge is 0.481 e. The molecule has 1 aromatic rings. The van der Waals surface area contributed by atoms with Crippen LogP contribution >= 0.6 is 0 Å². The normalized spacial score (nSPS) is 30.8. The fourth-order valence-corrected chi connectivity index (χ4v) is 5.13. The second-order valence-corrected chi connectivity index (χ2v) is 7.93. The summed E-state index contributed by atoms with van der Waals surface area (Å²) in [7, 11) is -3.19. The van der Waals surface area contributed by atoms with Gasteiger partial charge >= 0.3 is 5.97 Å².